The van der Waals surface area contributed by atoms with E-state index >= 15 is 0 Å². The Morgan fingerprint density at radius 3 is 2.30 bits per heavy atom. The van der Waals surface area contributed by atoms with Gasteiger partial charge in [-0.2, -0.15) is 0 Å². The molecule has 0 saturated carbocycles. The van der Waals surface area contributed by atoms with Gasteiger partial charge >= 0.3 is 5.76 Å². The molecule has 0 fully saturated rings. The fraction of sp³-hybridized carbons (Fsp3) is 0.263. The van der Waals surface area contributed by atoms with Crippen LogP contribution in [-0.4, -0.2) is 10.5 Å². The van der Waals surface area contributed by atoms with Gasteiger partial charge in [-0.25, -0.2) is 9.36 Å². The molecular weight excluding hydrogens is 290 g/mol. The Labute approximate surface area is 134 Å². The molecule has 0 N–H and O–H groups in total. The number of carbonyl (C=O) groups excluding carboxylic acids is 1. The lowest BCUT2D eigenvalue weighted by Crippen LogP contribution is -2.23. The zero-order valence-corrected chi connectivity index (χ0v) is 13.7. The molecule has 0 aliphatic heterocycles. The van der Waals surface area contributed by atoms with Gasteiger partial charge < -0.3 is 4.42 Å². The molecule has 0 aliphatic carbocycles. The number of carbonyl (C=O) groups is 1. The van der Waals surface area contributed by atoms with Gasteiger partial charge in [0.25, 0.3) is 5.91 Å². The van der Waals surface area contributed by atoms with Crippen molar-refractivity contribution in [3.63, 3.8) is 0 Å². The second kappa shape index (κ2) is 5.23. The van der Waals surface area contributed by atoms with Gasteiger partial charge in [0.15, 0.2) is 5.58 Å². The van der Waals surface area contributed by atoms with E-state index in [0.717, 1.165) is 15.7 Å². The van der Waals surface area contributed by atoms with E-state index in [1.165, 1.54) is 0 Å². The lowest BCUT2D eigenvalue weighted by atomic mass is 9.87. The maximum Gasteiger partial charge on any atom is 0.427 e. The van der Waals surface area contributed by atoms with E-state index in [9.17, 15) is 9.59 Å². The van der Waals surface area contributed by atoms with Gasteiger partial charge in [0, 0.05) is 5.56 Å². The topological polar surface area (TPSA) is 52.2 Å². The second-order valence-corrected chi connectivity index (χ2v) is 6.81. The van der Waals surface area contributed by atoms with E-state index in [1.54, 1.807) is 18.2 Å². The van der Waals surface area contributed by atoms with Crippen LogP contribution in [-0.2, 0) is 5.41 Å². The van der Waals surface area contributed by atoms with Crippen LogP contribution in [0, 0.1) is 6.92 Å². The molecule has 0 aliphatic rings. The first-order valence-electron chi connectivity index (χ1n) is 7.55. The van der Waals surface area contributed by atoms with Gasteiger partial charge in [0.2, 0.25) is 0 Å². The van der Waals surface area contributed by atoms with Crippen LogP contribution in [0.25, 0.3) is 11.1 Å². The van der Waals surface area contributed by atoms with Crippen molar-refractivity contribution in [3.8, 4) is 0 Å². The van der Waals surface area contributed by atoms with Gasteiger partial charge in [-0.05, 0) is 42.2 Å². The fourth-order valence-electron chi connectivity index (χ4n) is 2.50. The Balaban J connectivity index is 2.20. The summed E-state index contributed by atoms with van der Waals surface area (Å²) >= 11 is 0. The van der Waals surface area contributed by atoms with Gasteiger partial charge in [-0.3, -0.25) is 4.79 Å². The fourth-order valence-corrected chi connectivity index (χ4v) is 2.50. The molecule has 1 aromatic heterocycles. The molecule has 3 rings (SSSR count). The third kappa shape index (κ3) is 2.72. The average Bonchev–Trinajstić information content (AvgIpc) is 2.81. The third-order valence-electron chi connectivity index (χ3n) is 3.95. The molecule has 0 unspecified atom stereocenters. The van der Waals surface area contributed by atoms with E-state index in [0.29, 0.717) is 16.7 Å². The summed E-state index contributed by atoms with van der Waals surface area (Å²) in [6, 6.07) is 12.7. The van der Waals surface area contributed by atoms with Crippen molar-refractivity contribution in [2.45, 2.75) is 33.1 Å². The number of benzene rings is 2. The van der Waals surface area contributed by atoms with Gasteiger partial charge in [-0.1, -0.05) is 44.5 Å². The summed E-state index contributed by atoms with van der Waals surface area (Å²) in [5.41, 5.74) is 3.40. The number of fused-ring (bicyclic) bond motifs is 1. The Morgan fingerprint density at radius 2 is 1.70 bits per heavy atom. The number of aryl methyl sites for hydroxylation is 1. The number of nitrogens with zero attached hydrogens (tertiary/aromatic N) is 1. The summed E-state index contributed by atoms with van der Waals surface area (Å²) in [6.45, 7) is 8.19. The summed E-state index contributed by atoms with van der Waals surface area (Å²) < 4.78 is 6.33. The molecule has 1 heterocycles. The zero-order chi connectivity index (χ0) is 16.8. The molecule has 3 aromatic rings. The number of hydrogen-bond acceptors (Lipinski definition) is 3. The minimum atomic E-state index is -0.656. The minimum Gasteiger partial charge on any atom is -0.407 e. The molecule has 4 heteroatoms. The minimum absolute atomic E-state index is 0.0841. The van der Waals surface area contributed by atoms with Crippen LogP contribution in [0.1, 0.15) is 42.3 Å². The van der Waals surface area contributed by atoms with Crippen molar-refractivity contribution in [3.05, 3.63) is 69.7 Å². The van der Waals surface area contributed by atoms with Crippen molar-refractivity contribution in [2.75, 3.05) is 0 Å². The maximum atomic E-state index is 12.7. The quantitative estimate of drug-likeness (QED) is 0.685. The summed E-state index contributed by atoms with van der Waals surface area (Å²) in [5, 5.41) is 0. The molecule has 0 atom stereocenters. The van der Waals surface area contributed by atoms with Crippen LogP contribution in [0.15, 0.2) is 51.7 Å². The summed E-state index contributed by atoms with van der Waals surface area (Å²) in [5.74, 6) is -1.03. The SMILES string of the molecule is Cc1ccc(C(=O)n2c(=O)oc3ccc(C(C)(C)C)cc32)cc1. The van der Waals surface area contributed by atoms with Gasteiger partial charge in [-0.15, -0.1) is 0 Å². The highest BCUT2D eigenvalue weighted by Crippen LogP contribution is 2.26. The highest BCUT2D eigenvalue weighted by molar-refractivity contribution is 6.00. The van der Waals surface area contributed by atoms with E-state index in [-0.39, 0.29) is 11.3 Å². The monoisotopic (exact) mass is 309 g/mol. The predicted molar refractivity (Wildman–Crippen MR) is 90.1 cm³/mol. The standard InChI is InChI=1S/C19H19NO3/c1-12-5-7-13(8-6-12)17(21)20-15-11-14(19(2,3)4)9-10-16(15)23-18(20)22/h5-11H,1-4H3. The molecule has 0 radical (unpaired) electrons. The summed E-state index contributed by atoms with van der Waals surface area (Å²) in [4.78, 5) is 24.9. The second-order valence-electron chi connectivity index (χ2n) is 6.81. The van der Waals surface area contributed by atoms with E-state index in [4.69, 9.17) is 4.42 Å². The van der Waals surface area contributed by atoms with Crippen LogP contribution in [0.4, 0.5) is 0 Å². The molecule has 0 saturated heterocycles. The number of rotatable bonds is 1. The molecular formula is C19H19NO3. The van der Waals surface area contributed by atoms with Crippen molar-refractivity contribution >= 4 is 17.0 Å². The summed E-state index contributed by atoms with van der Waals surface area (Å²) in [7, 11) is 0. The number of aromatic nitrogens is 1. The van der Waals surface area contributed by atoms with Crippen LogP contribution in [0.2, 0.25) is 0 Å². The molecule has 0 spiro atoms. The van der Waals surface area contributed by atoms with E-state index in [1.807, 2.05) is 31.2 Å². The number of hydrogen-bond donors (Lipinski definition) is 0. The first kappa shape index (κ1) is 15.3. The van der Waals surface area contributed by atoms with Crippen LogP contribution >= 0.6 is 0 Å². The van der Waals surface area contributed by atoms with Crippen LogP contribution in [0.5, 0.6) is 0 Å². The maximum absolute atomic E-state index is 12.7. The number of oxazole rings is 1. The Bertz CT molecular complexity index is 937. The third-order valence-corrected chi connectivity index (χ3v) is 3.95. The Hall–Kier alpha value is -2.62. The molecule has 23 heavy (non-hydrogen) atoms. The van der Waals surface area contributed by atoms with E-state index in [2.05, 4.69) is 20.8 Å². The van der Waals surface area contributed by atoms with Crippen LogP contribution < -0.4 is 5.76 Å². The zero-order valence-electron chi connectivity index (χ0n) is 13.7. The van der Waals surface area contributed by atoms with Crippen molar-refractivity contribution < 1.29 is 9.21 Å². The molecule has 0 amide bonds. The lowest BCUT2D eigenvalue weighted by molar-refractivity contribution is 0.0956. The highest BCUT2D eigenvalue weighted by atomic mass is 16.4. The van der Waals surface area contributed by atoms with Gasteiger partial charge in [0.05, 0.1) is 5.52 Å². The molecule has 2 aromatic carbocycles. The largest absolute Gasteiger partial charge is 0.427 e. The Morgan fingerprint density at radius 1 is 1.04 bits per heavy atom. The molecule has 4 nitrogen and oxygen atoms in total. The van der Waals surface area contributed by atoms with E-state index < -0.39 is 5.76 Å². The van der Waals surface area contributed by atoms with Gasteiger partial charge in [0.1, 0.15) is 0 Å². The van der Waals surface area contributed by atoms with Crippen molar-refractivity contribution in [2.24, 2.45) is 0 Å². The predicted octanol–water partition coefficient (Wildman–Crippen LogP) is 3.89. The summed E-state index contributed by atoms with van der Waals surface area (Å²) in [6.07, 6.45) is 0. The first-order chi connectivity index (χ1) is 10.8. The molecule has 0 bridgehead atoms. The average molecular weight is 309 g/mol. The highest BCUT2D eigenvalue weighted by Gasteiger charge is 2.21. The molecule has 118 valence electrons. The normalized spacial score (nSPS) is 11.8. The van der Waals surface area contributed by atoms with Crippen molar-refractivity contribution in [1.82, 2.24) is 4.57 Å². The smallest absolute Gasteiger partial charge is 0.407 e. The first-order valence-corrected chi connectivity index (χ1v) is 7.55. The van der Waals surface area contributed by atoms with Crippen molar-refractivity contribution in [1.29, 1.82) is 0 Å². The lowest BCUT2D eigenvalue weighted by Gasteiger charge is -2.18. The van der Waals surface area contributed by atoms with Crippen LogP contribution in [0.3, 0.4) is 0 Å². The Kier molecular flexibility index (Phi) is 3.48.